The Kier molecular flexibility index (Phi) is 3.92. The molecule has 1 aliphatic heterocycles. The van der Waals surface area contributed by atoms with Gasteiger partial charge in [-0.05, 0) is 45.8 Å². The fourth-order valence-electron chi connectivity index (χ4n) is 2.34. The fourth-order valence-corrected chi connectivity index (χ4v) is 2.87. The summed E-state index contributed by atoms with van der Waals surface area (Å²) in [5, 5.41) is 2.82. The molecular weight excluding hydrogens is 337 g/mol. The lowest BCUT2D eigenvalue weighted by Gasteiger charge is -2.12. The van der Waals surface area contributed by atoms with Gasteiger partial charge in [0.1, 0.15) is 17.7 Å². The molecule has 108 valence electrons. The van der Waals surface area contributed by atoms with E-state index in [0.29, 0.717) is 16.6 Å². The van der Waals surface area contributed by atoms with Crippen LogP contribution in [0.4, 0.5) is 4.39 Å². The smallest absolute Gasteiger partial charge is 0.252 e. The van der Waals surface area contributed by atoms with Crippen molar-refractivity contribution < 1.29 is 13.9 Å². The van der Waals surface area contributed by atoms with Crippen LogP contribution in [0, 0.1) is 5.82 Å². The highest BCUT2D eigenvalue weighted by Gasteiger charge is 2.23. The largest absolute Gasteiger partial charge is 0.488 e. The van der Waals surface area contributed by atoms with E-state index in [1.54, 1.807) is 0 Å². The zero-order valence-corrected chi connectivity index (χ0v) is 12.7. The van der Waals surface area contributed by atoms with E-state index in [9.17, 15) is 9.18 Å². The summed E-state index contributed by atoms with van der Waals surface area (Å²) in [5.41, 5.74) is 1.56. The molecule has 1 heterocycles. The van der Waals surface area contributed by atoms with Crippen molar-refractivity contribution in [2.24, 2.45) is 0 Å². The van der Waals surface area contributed by atoms with Gasteiger partial charge in [0.05, 0.1) is 12.1 Å². The molecule has 0 radical (unpaired) electrons. The molecule has 2 aromatic carbocycles. The summed E-state index contributed by atoms with van der Waals surface area (Å²) in [6.07, 6.45) is 0.715. The lowest BCUT2D eigenvalue weighted by molar-refractivity contribution is 0.0932. The van der Waals surface area contributed by atoms with Crippen molar-refractivity contribution in [1.82, 2.24) is 5.32 Å². The molecule has 0 spiro atoms. The van der Waals surface area contributed by atoms with Gasteiger partial charge in [-0.1, -0.05) is 18.2 Å². The Morgan fingerprint density at radius 2 is 2.14 bits per heavy atom. The minimum atomic E-state index is -0.381. The van der Waals surface area contributed by atoms with E-state index in [0.717, 1.165) is 17.7 Å². The van der Waals surface area contributed by atoms with E-state index in [1.165, 1.54) is 18.2 Å². The van der Waals surface area contributed by atoms with Crippen LogP contribution in [0.1, 0.15) is 15.9 Å². The number of fused-ring (bicyclic) bond motifs is 1. The first-order chi connectivity index (χ1) is 10.1. The van der Waals surface area contributed by atoms with Crippen molar-refractivity contribution in [3.8, 4) is 5.75 Å². The van der Waals surface area contributed by atoms with Crippen molar-refractivity contribution in [3.05, 3.63) is 63.9 Å². The van der Waals surface area contributed by atoms with Crippen molar-refractivity contribution in [1.29, 1.82) is 0 Å². The van der Waals surface area contributed by atoms with Crippen LogP contribution in [0.5, 0.6) is 5.75 Å². The molecule has 1 unspecified atom stereocenters. The van der Waals surface area contributed by atoms with E-state index in [2.05, 4.69) is 21.2 Å². The highest BCUT2D eigenvalue weighted by molar-refractivity contribution is 9.10. The first-order valence-corrected chi connectivity index (χ1v) is 7.40. The Morgan fingerprint density at radius 3 is 2.90 bits per heavy atom. The Bertz CT molecular complexity index is 665. The number of rotatable bonds is 3. The number of ether oxygens (including phenoxy) is 1. The summed E-state index contributed by atoms with van der Waals surface area (Å²) in [7, 11) is 0. The fraction of sp³-hybridized carbons (Fsp3) is 0.188. The van der Waals surface area contributed by atoms with E-state index in [4.69, 9.17) is 4.74 Å². The Hall–Kier alpha value is -1.88. The average Bonchev–Trinajstić information content (AvgIpc) is 2.87. The molecule has 0 aromatic heterocycles. The Morgan fingerprint density at radius 1 is 1.33 bits per heavy atom. The molecular formula is C16H13BrFNO2. The SMILES string of the molecule is O=C(NCC1Cc2ccccc2O1)c1ccc(F)cc1Br. The van der Waals surface area contributed by atoms with Crippen molar-refractivity contribution >= 4 is 21.8 Å². The number of para-hydroxylation sites is 1. The molecule has 0 aliphatic carbocycles. The minimum absolute atomic E-state index is 0.0643. The summed E-state index contributed by atoms with van der Waals surface area (Å²) in [6, 6.07) is 11.8. The monoisotopic (exact) mass is 349 g/mol. The molecule has 0 saturated heterocycles. The molecule has 0 bridgehead atoms. The number of halogens is 2. The van der Waals surface area contributed by atoms with Crippen LogP contribution in [-0.2, 0) is 6.42 Å². The van der Waals surface area contributed by atoms with Crippen LogP contribution < -0.4 is 10.1 Å². The number of carbonyl (C=O) groups is 1. The third-order valence-corrected chi connectivity index (χ3v) is 4.04. The zero-order valence-electron chi connectivity index (χ0n) is 11.1. The predicted octanol–water partition coefficient (Wildman–Crippen LogP) is 3.32. The van der Waals surface area contributed by atoms with Crippen LogP contribution in [0.2, 0.25) is 0 Å². The maximum atomic E-state index is 13.0. The van der Waals surface area contributed by atoms with Gasteiger partial charge in [-0.3, -0.25) is 4.79 Å². The van der Waals surface area contributed by atoms with Gasteiger partial charge in [-0.2, -0.15) is 0 Å². The van der Waals surface area contributed by atoms with Crippen LogP contribution >= 0.6 is 15.9 Å². The van der Waals surface area contributed by atoms with Crippen molar-refractivity contribution in [3.63, 3.8) is 0 Å². The van der Waals surface area contributed by atoms with Crippen molar-refractivity contribution in [2.45, 2.75) is 12.5 Å². The van der Waals surface area contributed by atoms with E-state index in [1.807, 2.05) is 24.3 Å². The molecule has 0 fully saturated rings. The lowest BCUT2D eigenvalue weighted by Crippen LogP contribution is -2.34. The summed E-state index contributed by atoms with van der Waals surface area (Å²) in [6.45, 7) is 0.414. The predicted molar refractivity (Wildman–Crippen MR) is 81.0 cm³/mol. The summed E-state index contributed by atoms with van der Waals surface area (Å²) >= 11 is 3.19. The van der Waals surface area contributed by atoms with Crippen LogP contribution in [0.25, 0.3) is 0 Å². The van der Waals surface area contributed by atoms with Gasteiger partial charge in [0, 0.05) is 10.9 Å². The second kappa shape index (κ2) is 5.85. The third-order valence-electron chi connectivity index (χ3n) is 3.38. The topological polar surface area (TPSA) is 38.3 Å². The quantitative estimate of drug-likeness (QED) is 0.922. The number of benzene rings is 2. The number of hydrogen-bond acceptors (Lipinski definition) is 2. The normalized spacial score (nSPS) is 16.2. The molecule has 1 aliphatic rings. The molecule has 2 aromatic rings. The van der Waals surface area contributed by atoms with E-state index in [-0.39, 0.29) is 17.8 Å². The maximum absolute atomic E-state index is 13.0. The van der Waals surface area contributed by atoms with Crippen LogP contribution in [-0.4, -0.2) is 18.6 Å². The van der Waals surface area contributed by atoms with Gasteiger partial charge in [0.2, 0.25) is 0 Å². The molecule has 0 saturated carbocycles. The number of hydrogen-bond donors (Lipinski definition) is 1. The molecule has 3 nitrogen and oxygen atoms in total. The minimum Gasteiger partial charge on any atom is -0.488 e. The Balaban J connectivity index is 1.60. The summed E-state index contributed by atoms with van der Waals surface area (Å²) in [4.78, 5) is 12.1. The first-order valence-electron chi connectivity index (χ1n) is 6.61. The molecule has 1 N–H and O–H groups in total. The maximum Gasteiger partial charge on any atom is 0.252 e. The van der Waals surface area contributed by atoms with Crippen molar-refractivity contribution in [2.75, 3.05) is 6.54 Å². The Labute approximate surface area is 130 Å². The standard InChI is InChI=1S/C16H13BrFNO2/c17-14-8-11(18)5-6-13(14)16(20)19-9-12-7-10-3-1-2-4-15(10)21-12/h1-6,8,12H,7,9H2,(H,19,20). The highest BCUT2D eigenvalue weighted by Crippen LogP contribution is 2.27. The van der Waals surface area contributed by atoms with Gasteiger partial charge in [0.25, 0.3) is 5.91 Å². The molecule has 3 rings (SSSR count). The first kappa shape index (κ1) is 14.1. The zero-order chi connectivity index (χ0) is 14.8. The number of nitrogens with one attached hydrogen (secondary N) is 1. The number of carbonyl (C=O) groups excluding carboxylic acids is 1. The van der Waals surface area contributed by atoms with Crippen LogP contribution in [0.3, 0.4) is 0 Å². The molecule has 5 heteroatoms. The van der Waals surface area contributed by atoms with Gasteiger partial charge in [-0.15, -0.1) is 0 Å². The molecule has 1 atom stereocenters. The molecule has 1 amide bonds. The van der Waals surface area contributed by atoms with Gasteiger partial charge >= 0.3 is 0 Å². The second-order valence-electron chi connectivity index (χ2n) is 4.89. The third kappa shape index (κ3) is 3.08. The second-order valence-corrected chi connectivity index (χ2v) is 5.74. The molecule has 21 heavy (non-hydrogen) atoms. The van der Waals surface area contributed by atoms with Gasteiger partial charge in [-0.25, -0.2) is 4.39 Å². The summed E-state index contributed by atoms with van der Waals surface area (Å²) in [5.74, 6) is 0.245. The average molecular weight is 350 g/mol. The summed E-state index contributed by atoms with van der Waals surface area (Å²) < 4.78 is 19.2. The van der Waals surface area contributed by atoms with Gasteiger partial charge < -0.3 is 10.1 Å². The highest BCUT2D eigenvalue weighted by atomic mass is 79.9. The number of amides is 1. The van der Waals surface area contributed by atoms with Gasteiger partial charge in [0.15, 0.2) is 0 Å². The van der Waals surface area contributed by atoms with Crippen LogP contribution in [0.15, 0.2) is 46.9 Å². The van der Waals surface area contributed by atoms with E-state index >= 15 is 0 Å². The van der Waals surface area contributed by atoms with E-state index < -0.39 is 0 Å². The lowest BCUT2D eigenvalue weighted by atomic mass is 10.1.